The van der Waals surface area contributed by atoms with Crippen molar-refractivity contribution in [2.45, 2.75) is 13.0 Å². The molecule has 0 saturated heterocycles. The average molecular weight is 287 g/mol. The fourth-order valence-electron chi connectivity index (χ4n) is 1.95. The molecule has 2 aromatic heterocycles. The van der Waals surface area contributed by atoms with Gasteiger partial charge in [0.2, 0.25) is 0 Å². The highest BCUT2D eigenvalue weighted by Crippen LogP contribution is 2.23. The van der Waals surface area contributed by atoms with Crippen LogP contribution in [0.4, 0.5) is 5.13 Å². The van der Waals surface area contributed by atoms with E-state index in [0.29, 0.717) is 16.6 Å². The topological polar surface area (TPSA) is 81.2 Å². The van der Waals surface area contributed by atoms with Crippen LogP contribution in [-0.2, 0) is 0 Å². The standard InChI is InChI=1S/C14H13N3O2S/c1-8(16-13(18)10-7-20-14(15)17-10)12-6-9-4-2-3-5-11(9)19-12/h2-8H,1H3,(H2,15,17)(H,16,18). The Kier molecular flexibility index (Phi) is 3.15. The number of benzene rings is 1. The Balaban J connectivity index is 1.78. The highest BCUT2D eigenvalue weighted by Gasteiger charge is 2.16. The molecular formula is C14H13N3O2S. The summed E-state index contributed by atoms with van der Waals surface area (Å²) in [5.41, 5.74) is 6.65. The number of nitrogens with two attached hydrogens (primary N) is 1. The molecule has 1 amide bonds. The Labute approximate surface area is 119 Å². The molecule has 1 atom stereocenters. The van der Waals surface area contributed by atoms with Crippen LogP contribution in [0.3, 0.4) is 0 Å². The van der Waals surface area contributed by atoms with Gasteiger partial charge in [-0.2, -0.15) is 0 Å². The van der Waals surface area contributed by atoms with Gasteiger partial charge in [0.15, 0.2) is 5.13 Å². The second-order valence-corrected chi connectivity index (χ2v) is 5.34. The van der Waals surface area contributed by atoms with Gasteiger partial charge >= 0.3 is 0 Å². The minimum Gasteiger partial charge on any atom is -0.459 e. The third kappa shape index (κ3) is 2.37. The number of hydrogen-bond donors (Lipinski definition) is 2. The van der Waals surface area contributed by atoms with Gasteiger partial charge in [0.1, 0.15) is 17.0 Å². The molecule has 0 radical (unpaired) electrons. The SMILES string of the molecule is CC(NC(=O)c1csc(N)n1)c1cc2ccccc2o1. The molecule has 1 unspecified atom stereocenters. The van der Waals surface area contributed by atoms with Crippen molar-refractivity contribution in [2.24, 2.45) is 0 Å². The molecule has 0 spiro atoms. The maximum atomic E-state index is 12.0. The van der Waals surface area contributed by atoms with E-state index >= 15 is 0 Å². The molecule has 3 rings (SSSR count). The quantitative estimate of drug-likeness (QED) is 0.776. The van der Waals surface area contributed by atoms with Gasteiger partial charge in [-0.3, -0.25) is 4.79 Å². The van der Waals surface area contributed by atoms with E-state index in [4.69, 9.17) is 10.2 Å². The van der Waals surface area contributed by atoms with Crippen molar-refractivity contribution < 1.29 is 9.21 Å². The number of nitrogens with one attached hydrogen (secondary N) is 1. The second kappa shape index (κ2) is 4.97. The van der Waals surface area contributed by atoms with E-state index in [1.807, 2.05) is 37.3 Å². The van der Waals surface area contributed by atoms with Gasteiger partial charge in [0.05, 0.1) is 6.04 Å². The Morgan fingerprint density at radius 2 is 2.25 bits per heavy atom. The first-order chi connectivity index (χ1) is 9.63. The summed E-state index contributed by atoms with van der Waals surface area (Å²) in [6.07, 6.45) is 0. The van der Waals surface area contributed by atoms with Crippen LogP contribution >= 0.6 is 11.3 Å². The monoisotopic (exact) mass is 287 g/mol. The van der Waals surface area contributed by atoms with Crippen LogP contribution in [0.25, 0.3) is 11.0 Å². The third-order valence-electron chi connectivity index (χ3n) is 2.97. The first-order valence-corrected chi connectivity index (χ1v) is 7.02. The van der Waals surface area contributed by atoms with E-state index in [-0.39, 0.29) is 11.9 Å². The van der Waals surface area contributed by atoms with Crippen LogP contribution in [0, 0.1) is 0 Å². The lowest BCUT2D eigenvalue weighted by atomic mass is 10.2. The van der Waals surface area contributed by atoms with E-state index in [1.54, 1.807) is 5.38 Å². The van der Waals surface area contributed by atoms with Crippen molar-refractivity contribution in [2.75, 3.05) is 5.73 Å². The first-order valence-electron chi connectivity index (χ1n) is 6.14. The summed E-state index contributed by atoms with van der Waals surface area (Å²) in [7, 11) is 0. The number of nitrogens with zero attached hydrogens (tertiary/aromatic N) is 1. The molecule has 2 heterocycles. The van der Waals surface area contributed by atoms with Crippen LogP contribution in [0.15, 0.2) is 40.1 Å². The number of para-hydroxylation sites is 1. The highest BCUT2D eigenvalue weighted by molar-refractivity contribution is 7.13. The van der Waals surface area contributed by atoms with Crippen molar-refractivity contribution in [3.05, 3.63) is 47.2 Å². The summed E-state index contributed by atoms with van der Waals surface area (Å²) >= 11 is 1.24. The van der Waals surface area contributed by atoms with Crippen molar-refractivity contribution in [3.8, 4) is 0 Å². The number of fused-ring (bicyclic) bond motifs is 1. The number of hydrogen-bond acceptors (Lipinski definition) is 5. The molecule has 0 aliphatic carbocycles. The molecule has 0 fully saturated rings. The molecule has 0 bridgehead atoms. The molecule has 6 heteroatoms. The zero-order valence-corrected chi connectivity index (χ0v) is 11.6. The zero-order valence-electron chi connectivity index (χ0n) is 10.8. The van der Waals surface area contributed by atoms with Gasteiger partial charge in [-0.15, -0.1) is 11.3 Å². The second-order valence-electron chi connectivity index (χ2n) is 4.45. The van der Waals surface area contributed by atoms with Crippen LogP contribution in [-0.4, -0.2) is 10.9 Å². The smallest absolute Gasteiger partial charge is 0.271 e. The molecular weight excluding hydrogens is 274 g/mol. The van der Waals surface area contributed by atoms with Crippen molar-refractivity contribution in [3.63, 3.8) is 0 Å². The largest absolute Gasteiger partial charge is 0.459 e. The highest BCUT2D eigenvalue weighted by atomic mass is 32.1. The first kappa shape index (κ1) is 12.7. The number of amides is 1. The number of rotatable bonds is 3. The summed E-state index contributed by atoms with van der Waals surface area (Å²) in [6.45, 7) is 1.87. The number of aromatic nitrogens is 1. The van der Waals surface area contributed by atoms with Crippen molar-refractivity contribution in [1.29, 1.82) is 0 Å². The van der Waals surface area contributed by atoms with Gasteiger partial charge in [0.25, 0.3) is 5.91 Å². The van der Waals surface area contributed by atoms with Crippen LogP contribution in [0.1, 0.15) is 29.2 Å². The summed E-state index contributed by atoms with van der Waals surface area (Å²) in [5, 5.41) is 5.87. The number of furan rings is 1. The lowest BCUT2D eigenvalue weighted by molar-refractivity contribution is 0.0931. The summed E-state index contributed by atoms with van der Waals surface area (Å²) < 4.78 is 5.71. The lowest BCUT2D eigenvalue weighted by Gasteiger charge is -2.09. The van der Waals surface area contributed by atoms with Crippen molar-refractivity contribution in [1.82, 2.24) is 10.3 Å². The minimum absolute atomic E-state index is 0.238. The minimum atomic E-state index is -0.258. The van der Waals surface area contributed by atoms with Gasteiger partial charge in [-0.05, 0) is 19.1 Å². The molecule has 20 heavy (non-hydrogen) atoms. The molecule has 3 N–H and O–H groups in total. The van der Waals surface area contributed by atoms with Gasteiger partial charge < -0.3 is 15.5 Å². The molecule has 1 aromatic carbocycles. The average Bonchev–Trinajstić information content (AvgIpc) is 3.04. The van der Waals surface area contributed by atoms with Gasteiger partial charge in [-0.25, -0.2) is 4.98 Å². The summed E-state index contributed by atoms with van der Waals surface area (Å²) in [6, 6.07) is 9.42. The van der Waals surface area contributed by atoms with E-state index in [2.05, 4.69) is 10.3 Å². The zero-order chi connectivity index (χ0) is 14.1. The van der Waals surface area contributed by atoms with Gasteiger partial charge in [-0.1, -0.05) is 18.2 Å². The van der Waals surface area contributed by atoms with Gasteiger partial charge in [0, 0.05) is 10.8 Å². The van der Waals surface area contributed by atoms with Crippen LogP contribution in [0.2, 0.25) is 0 Å². The molecule has 102 valence electrons. The van der Waals surface area contributed by atoms with Crippen LogP contribution in [0.5, 0.6) is 0 Å². The molecule has 5 nitrogen and oxygen atoms in total. The van der Waals surface area contributed by atoms with E-state index < -0.39 is 0 Å². The number of carbonyl (C=O) groups is 1. The third-order valence-corrected chi connectivity index (χ3v) is 3.65. The Bertz CT molecular complexity index is 729. The Morgan fingerprint density at radius 1 is 1.45 bits per heavy atom. The maximum absolute atomic E-state index is 12.0. The number of thiazole rings is 1. The Hall–Kier alpha value is -2.34. The van der Waals surface area contributed by atoms with E-state index in [0.717, 1.165) is 11.0 Å². The maximum Gasteiger partial charge on any atom is 0.271 e. The lowest BCUT2D eigenvalue weighted by Crippen LogP contribution is -2.26. The van der Waals surface area contributed by atoms with E-state index in [1.165, 1.54) is 11.3 Å². The number of carbonyl (C=O) groups excluding carboxylic acids is 1. The predicted molar refractivity (Wildman–Crippen MR) is 78.6 cm³/mol. The fourth-order valence-corrected chi connectivity index (χ4v) is 2.49. The van der Waals surface area contributed by atoms with Crippen LogP contribution < -0.4 is 11.1 Å². The fraction of sp³-hybridized carbons (Fsp3) is 0.143. The normalized spacial score (nSPS) is 12.4. The molecule has 0 aliphatic rings. The summed E-state index contributed by atoms with van der Waals surface area (Å²) in [4.78, 5) is 15.9. The van der Waals surface area contributed by atoms with E-state index in [9.17, 15) is 4.79 Å². The predicted octanol–water partition coefficient (Wildman–Crippen LogP) is 2.96. The number of nitrogen functional groups attached to an aromatic ring is 1. The Morgan fingerprint density at radius 3 is 2.95 bits per heavy atom. The molecule has 0 aliphatic heterocycles. The number of anilines is 1. The molecule has 3 aromatic rings. The molecule has 0 saturated carbocycles. The van der Waals surface area contributed by atoms with Crippen molar-refractivity contribution >= 4 is 33.3 Å². The summed E-state index contributed by atoms with van der Waals surface area (Å²) in [5.74, 6) is 0.452.